The van der Waals surface area contributed by atoms with Gasteiger partial charge in [-0.3, -0.25) is 10.1 Å². The molecule has 3 aromatic rings. The average molecular weight is 382 g/mol. The summed E-state index contributed by atoms with van der Waals surface area (Å²) in [5, 5.41) is 11.1. The molecule has 0 aliphatic rings. The topological polar surface area (TPSA) is 56.3 Å². The summed E-state index contributed by atoms with van der Waals surface area (Å²) in [7, 11) is 0. The van der Waals surface area contributed by atoms with Crippen molar-refractivity contribution in [2.24, 2.45) is 0 Å². The summed E-state index contributed by atoms with van der Waals surface area (Å²) >= 11 is 5.79. The minimum atomic E-state index is -4.65. The molecule has 1 aromatic heterocycles. The smallest absolute Gasteiger partial charge is 0.449 e. The summed E-state index contributed by atoms with van der Waals surface area (Å²) in [6, 6.07) is 12.9. The van der Waals surface area contributed by atoms with Gasteiger partial charge in [-0.2, -0.15) is 13.2 Å². The maximum absolute atomic E-state index is 13.3. The molecule has 0 atom stereocenters. The minimum absolute atomic E-state index is 0.0451. The van der Waals surface area contributed by atoms with E-state index < -0.39 is 16.9 Å². The molecule has 0 saturated carbocycles. The maximum Gasteiger partial charge on any atom is 0.449 e. The number of non-ortho nitro benzene ring substituents is 1. The molecular formula is C18H11ClF3NO3. The van der Waals surface area contributed by atoms with E-state index in [0.717, 1.165) is 0 Å². The van der Waals surface area contributed by atoms with E-state index in [-0.39, 0.29) is 23.4 Å². The van der Waals surface area contributed by atoms with Crippen molar-refractivity contribution < 1.29 is 22.5 Å². The molecule has 0 aliphatic carbocycles. The Morgan fingerprint density at radius 1 is 1.04 bits per heavy atom. The van der Waals surface area contributed by atoms with Crippen molar-refractivity contribution in [3.63, 3.8) is 0 Å². The molecule has 0 spiro atoms. The number of benzene rings is 2. The second-order valence-corrected chi connectivity index (χ2v) is 6.01. The zero-order valence-corrected chi connectivity index (χ0v) is 13.8. The van der Waals surface area contributed by atoms with Gasteiger partial charge in [0.2, 0.25) is 5.76 Å². The van der Waals surface area contributed by atoms with Crippen LogP contribution in [0.25, 0.3) is 11.3 Å². The molecule has 4 nitrogen and oxygen atoms in total. The van der Waals surface area contributed by atoms with E-state index in [2.05, 4.69) is 0 Å². The summed E-state index contributed by atoms with van der Waals surface area (Å²) in [6.07, 6.45) is -4.72. The van der Waals surface area contributed by atoms with Crippen LogP contribution < -0.4 is 0 Å². The van der Waals surface area contributed by atoms with Crippen LogP contribution in [0.4, 0.5) is 18.9 Å². The molecule has 3 rings (SSSR count). The highest BCUT2D eigenvalue weighted by atomic mass is 35.5. The number of rotatable bonds is 4. The van der Waals surface area contributed by atoms with Gasteiger partial charge < -0.3 is 4.42 Å². The first-order valence-corrected chi connectivity index (χ1v) is 7.81. The second kappa shape index (κ2) is 6.84. The van der Waals surface area contributed by atoms with Gasteiger partial charge in [0, 0.05) is 34.7 Å². The number of nitro benzene ring substituents is 1. The third-order valence-corrected chi connectivity index (χ3v) is 3.99. The lowest BCUT2D eigenvalue weighted by Crippen LogP contribution is -2.06. The van der Waals surface area contributed by atoms with E-state index in [1.807, 2.05) is 0 Å². The van der Waals surface area contributed by atoms with Gasteiger partial charge in [-0.1, -0.05) is 23.7 Å². The van der Waals surface area contributed by atoms with Crippen molar-refractivity contribution in [3.05, 3.63) is 86.6 Å². The SMILES string of the molecule is O=[N+]([O-])c1ccc(Cc2cc(-c3ccc(Cl)cc3)oc2C(F)(F)F)cc1. The molecule has 0 amide bonds. The van der Waals surface area contributed by atoms with Crippen molar-refractivity contribution in [2.45, 2.75) is 12.6 Å². The molecule has 8 heteroatoms. The van der Waals surface area contributed by atoms with Crippen LogP contribution in [-0.4, -0.2) is 4.92 Å². The van der Waals surface area contributed by atoms with Gasteiger partial charge in [-0.05, 0) is 35.9 Å². The summed E-state index contributed by atoms with van der Waals surface area (Å²) < 4.78 is 45.0. The lowest BCUT2D eigenvalue weighted by molar-refractivity contribution is -0.384. The summed E-state index contributed by atoms with van der Waals surface area (Å²) in [6.45, 7) is 0. The molecule has 0 fully saturated rings. The van der Waals surface area contributed by atoms with Crippen LogP contribution in [0.15, 0.2) is 59.0 Å². The van der Waals surface area contributed by atoms with Crippen LogP contribution in [-0.2, 0) is 12.6 Å². The molecule has 26 heavy (non-hydrogen) atoms. The number of alkyl halides is 3. The Morgan fingerprint density at radius 2 is 1.65 bits per heavy atom. The molecule has 0 bridgehead atoms. The monoisotopic (exact) mass is 381 g/mol. The lowest BCUT2D eigenvalue weighted by Gasteiger charge is -2.06. The Balaban J connectivity index is 1.97. The fourth-order valence-electron chi connectivity index (χ4n) is 2.51. The Morgan fingerprint density at radius 3 is 2.19 bits per heavy atom. The van der Waals surface area contributed by atoms with Crippen LogP contribution in [0, 0.1) is 10.1 Å². The Bertz CT molecular complexity index is 932. The van der Waals surface area contributed by atoms with Crippen molar-refractivity contribution >= 4 is 17.3 Å². The van der Waals surface area contributed by atoms with Crippen LogP contribution in [0.3, 0.4) is 0 Å². The number of halogens is 4. The number of furan rings is 1. The molecule has 0 N–H and O–H groups in total. The molecule has 0 saturated heterocycles. The molecule has 0 radical (unpaired) electrons. The highest BCUT2D eigenvalue weighted by Gasteiger charge is 2.38. The van der Waals surface area contributed by atoms with E-state index in [1.54, 1.807) is 24.3 Å². The standard InChI is InChI=1S/C18H11ClF3NO3/c19-14-5-3-12(4-6-14)16-10-13(17(26-16)18(20,21)22)9-11-1-7-15(8-2-11)23(24)25/h1-8,10H,9H2. The second-order valence-electron chi connectivity index (χ2n) is 5.57. The van der Waals surface area contributed by atoms with Crippen molar-refractivity contribution in [2.75, 3.05) is 0 Å². The van der Waals surface area contributed by atoms with Gasteiger partial charge in [0.05, 0.1) is 4.92 Å². The number of nitro groups is 1. The Kier molecular flexibility index (Phi) is 4.73. The van der Waals surface area contributed by atoms with Gasteiger partial charge in [0.1, 0.15) is 5.76 Å². The predicted molar refractivity (Wildman–Crippen MR) is 90.1 cm³/mol. The average Bonchev–Trinajstić information content (AvgIpc) is 3.00. The highest BCUT2D eigenvalue weighted by Crippen LogP contribution is 2.38. The molecule has 0 aliphatic heterocycles. The van der Waals surface area contributed by atoms with Gasteiger partial charge in [-0.25, -0.2) is 0 Å². The largest absolute Gasteiger partial charge is 0.451 e. The fraction of sp³-hybridized carbons (Fsp3) is 0.111. The molecular weight excluding hydrogens is 371 g/mol. The zero-order chi connectivity index (χ0) is 18.9. The Labute approximate surface area is 151 Å². The van der Waals surface area contributed by atoms with E-state index in [4.69, 9.17) is 16.0 Å². The first-order valence-electron chi connectivity index (χ1n) is 7.43. The van der Waals surface area contributed by atoms with E-state index >= 15 is 0 Å². The maximum atomic E-state index is 13.3. The molecule has 1 heterocycles. The first kappa shape index (κ1) is 18.0. The lowest BCUT2D eigenvalue weighted by atomic mass is 10.0. The fourth-order valence-corrected chi connectivity index (χ4v) is 2.64. The third kappa shape index (κ3) is 3.88. The number of hydrogen-bond donors (Lipinski definition) is 0. The summed E-state index contributed by atoms with van der Waals surface area (Å²) in [5.41, 5.74) is 0.801. The predicted octanol–water partition coefficient (Wildman–Crippen LogP) is 6.12. The van der Waals surface area contributed by atoms with Gasteiger partial charge >= 0.3 is 6.18 Å². The number of hydrogen-bond acceptors (Lipinski definition) is 3. The normalized spacial score (nSPS) is 11.5. The summed E-state index contributed by atoms with van der Waals surface area (Å²) in [4.78, 5) is 10.1. The zero-order valence-electron chi connectivity index (χ0n) is 13.1. The van der Waals surface area contributed by atoms with Crippen LogP contribution in [0.2, 0.25) is 5.02 Å². The van der Waals surface area contributed by atoms with E-state index in [9.17, 15) is 23.3 Å². The quantitative estimate of drug-likeness (QED) is 0.404. The van der Waals surface area contributed by atoms with Gasteiger partial charge in [-0.15, -0.1) is 0 Å². The van der Waals surface area contributed by atoms with Crippen molar-refractivity contribution in [1.82, 2.24) is 0 Å². The first-order chi connectivity index (χ1) is 12.2. The van der Waals surface area contributed by atoms with Gasteiger partial charge in [0.15, 0.2) is 0 Å². The Hall–Kier alpha value is -2.80. The highest BCUT2D eigenvalue weighted by molar-refractivity contribution is 6.30. The van der Waals surface area contributed by atoms with Crippen LogP contribution in [0.5, 0.6) is 0 Å². The number of nitrogens with zero attached hydrogens (tertiary/aromatic N) is 1. The van der Waals surface area contributed by atoms with Crippen molar-refractivity contribution in [1.29, 1.82) is 0 Å². The molecule has 134 valence electrons. The van der Waals surface area contributed by atoms with E-state index in [1.165, 1.54) is 30.3 Å². The van der Waals surface area contributed by atoms with Crippen LogP contribution >= 0.6 is 11.6 Å². The molecule has 0 unspecified atom stereocenters. The molecule has 2 aromatic carbocycles. The van der Waals surface area contributed by atoms with Crippen molar-refractivity contribution in [3.8, 4) is 11.3 Å². The third-order valence-electron chi connectivity index (χ3n) is 3.74. The van der Waals surface area contributed by atoms with Crippen LogP contribution in [0.1, 0.15) is 16.9 Å². The summed E-state index contributed by atoms with van der Waals surface area (Å²) in [5.74, 6) is -1.01. The minimum Gasteiger partial charge on any atom is -0.451 e. The van der Waals surface area contributed by atoms with E-state index in [0.29, 0.717) is 16.1 Å². The van der Waals surface area contributed by atoms with Gasteiger partial charge in [0.25, 0.3) is 5.69 Å².